The van der Waals surface area contributed by atoms with Crippen LogP contribution in [0.2, 0.25) is 5.02 Å². The van der Waals surface area contributed by atoms with Crippen LogP contribution in [0.1, 0.15) is 10.4 Å². The molecule has 0 radical (unpaired) electrons. The van der Waals surface area contributed by atoms with Crippen LogP contribution in [0, 0.1) is 13.8 Å². The van der Waals surface area contributed by atoms with Crippen molar-refractivity contribution in [2.75, 3.05) is 12.3 Å². The number of nitrogens with zero attached hydrogens (tertiary/aromatic N) is 2. The van der Waals surface area contributed by atoms with Gasteiger partial charge in [0.15, 0.2) is 5.16 Å². The third kappa shape index (κ3) is 4.10. The Hall–Kier alpha value is -2.09. The summed E-state index contributed by atoms with van der Waals surface area (Å²) in [6, 6.07) is 7.00. The fourth-order valence-electron chi connectivity index (χ4n) is 2.56. The maximum absolute atomic E-state index is 13.3. The van der Waals surface area contributed by atoms with Crippen molar-refractivity contribution >= 4 is 50.8 Å². The van der Waals surface area contributed by atoms with Crippen molar-refractivity contribution in [2.24, 2.45) is 0 Å². The first kappa shape index (κ1) is 19.7. The second kappa shape index (κ2) is 8.29. The molecule has 0 saturated heterocycles. The number of rotatable bonds is 6. The minimum atomic E-state index is -0.143. The highest BCUT2D eigenvalue weighted by Gasteiger charge is 2.18. The smallest absolute Gasteiger partial charge is 0.267 e. The molecule has 1 N–H and O–H groups in total. The zero-order chi connectivity index (χ0) is 19.6. The van der Waals surface area contributed by atoms with Crippen LogP contribution in [0.25, 0.3) is 15.9 Å². The maximum Gasteiger partial charge on any atom is 0.267 e. The van der Waals surface area contributed by atoms with Gasteiger partial charge in [-0.25, -0.2) is 4.98 Å². The van der Waals surface area contributed by atoms with E-state index < -0.39 is 0 Å². The molecular weight excluding hydrogens is 402 g/mol. The van der Waals surface area contributed by atoms with E-state index in [1.54, 1.807) is 34.9 Å². The van der Waals surface area contributed by atoms with Crippen LogP contribution < -0.4 is 10.9 Å². The summed E-state index contributed by atoms with van der Waals surface area (Å²) in [4.78, 5) is 31.6. The molecular formula is C19H18ClN3O2S2. The van der Waals surface area contributed by atoms with E-state index in [0.717, 1.165) is 10.4 Å². The number of hydrogen-bond donors (Lipinski definition) is 1. The van der Waals surface area contributed by atoms with Crippen LogP contribution in [-0.2, 0) is 4.79 Å². The molecule has 0 fully saturated rings. The fraction of sp³-hybridized carbons (Fsp3) is 0.211. The molecule has 5 nitrogen and oxygen atoms in total. The number of benzene rings is 1. The minimum absolute atomic E-state index is 0.141. The summed E-state index contributed by atoms with van der Waals surface area (Å²) < 4.78 is 1.54. The number of carbonyl (C=O) groups is 1. The van der Waals surface area contributed by atoms with E-state index in [1.807, 2.05) is 13.8 Å². The zero-order valence-corrected chi connectivity index (χ0v) is 17.3. The lowest BCUT2D eigenvalue weighted by Gasteiger charge is -2.12. The molecule has 0 unspecified atom stereocenters. The number of thiophene rings is 1. The topological polar surface area (TPSA) is 64.0 Å². The molecule has 0 bridgehead atoms. The third-order valence-corrected chi connectivity index (χ3v) is 6.32. The maximum atomic E-state index is 13.3. The van der Waals surface area contributed by atoms with E-state index in [0.29, 0.717) is 32.6 Å². The summed E-state index contributed by atoms with van der Waals surface area (Å²) in [6.07, 6.45) is 1.62. The number of aromatic nitrogens is 2. The van der Waals surface area contributed by atoms with Crippen LogP contribution in [0.4, 0.5) is 0 Å². The van der Waals surface area contributed by atoms with Gasteiger partial charge in [-0.2, -0.15) is 0 Å². The van der Waals surface area contributed by atoms with Gasteiger partial charge in [-0.1, -0.05) is 29.4 Å². The standard InChI is InChI=1S/C19H18ClN3O2S2/c1-4-9-21-15(24)10-26-19-22-17-16(11(2)12(3)27-17)18(25)23(19)14-7-5-13(20)6-8-14/h4-8H,1,9-10H2,2-3H3,(H,21,24). The molecule has 3 aromatic rings. The molecule has 3 rings (SSSR count). The van der Waals surface area contributed by atoms with Gasteiger partial charge < -0.3 is 5.32 Å². The number of aryl methyl sites for hydroxylation is 2. The molecule has 0 spiro atoms. The highest BCUT2D eigenvalue weighted by molar-refractivity contribution is 7.99. The average molecular weight is 420 g/mol. The van der Waals surface area contributed by atoms with Gasteiger partial charge in [0.2, 0.25) is 5.91 Å². The van der Waals surface area contributed by atoms with Gasteiger partial charge in [0.25, 0.3) is 5.56 Å². The number of amides is 1. The quantitative estimate of drug-likeness (QED) is 0.371. The number of hydrogen-bond acceptors (Lipinski definition) is 5. The van der Waals surface area contributed by atoms with Gasteiger partial charge in [0, 0.05) is 16.4 Å². The van der Waals surface area contributed by atoms with Gasteiger partial charge in [0.1, 0.15) is 4.83 Å². The molecule has 1 aromatic carbocycles. The van der Waals surface area contributed by atoms with E-state index in [4.69, 9.17) is 11.6 Å². The van der Waals surface area contributed by atoms with Crippen LogP contribution in [0.3, 0.4) is 0 Å². The zero-order valence-electron chi connectivity index (χ0n) is 14.9. The van der Waals surface area contributed by atoms with E-state index in [-0.39, 0.29) is 17.2 Å². The normalized spacial score (nSPS) is 10.9. The van der Waals surface area contributed by atoms with Crippen molar-refractivity contribution < 1.29 is 4.79 Å². The van der Waals surface area contributed by atoms with E-state index in [9.17, 15) is 9.59 Å². The highest BCUT2D eigenvalue weighted by Crippen LogP contribution is 2.29. The molecule has 0 aliphatic rings. The molecule has 27 heavy (non-hydrogen) atoms. The Bertz CT molecular complexity index is 1070. The van der Waals surface area contributed by atoms with Crippen LogP contribution >= 0.6 is 34.7 Å². The van der Waals surface area contributed by atoms with Crippen molar-refractivity contribution in [2.45, 2.75) is 19.0 Å². The third-order valence-electron chi connectivity index (χ3n) is 4.03. The summed E-state index contributed by atoms with van der Waals surface area (Å²) in [6.45, 7) is 7.89. The Kier molecular flexibility index (Phi) is 6.04. The second-order valence-electron chi connectivity index (χ2n) is 5.86. The van der Waals surface area contributed by atoms with Gasteiger partial charge in [0.05, 0.1) is 16.8 Å². The van der Waals surface area contributed by atoms with Crippen LogP contribution in [0.15, 0.2) is 46.9 Å². The van der Waals surface area contributed by atoms with E-state index >= 15 is 0 Å². The van der Waals surface area contributed by atoms with Crippen molar-refractivity contribution in [3.63, 3.8) is 0 Å². The number of thioether (sulfide) groups is 1. The molecule has 8 heteroatoms. The Morgan fingerprint density at radius 2 is 2.07 bits per heavy atom. The Morgan fingerprint density at radius 1 is 1.37 bits per heavy atom. The van der Waals surface area contributed by atoms with E-state index in [1.165, 1.54) is 23.1 Å². The number of carbonyl (C=O) groups excluding carboxylic acids is 1. The molecule has 0 aliphatic heterocycles. The first-order chi connectivity index (χ1) is 12.9. The fourth-order valence-corrected chi connectivity index (χ4v) is 4.60. The van der Waals surface area contributed by atoms with Gasteiger partial charge in [-0.3, -0.25) is 14.2 Å². The Balaban J connectivity index is 2.11. The lowest BCUT2D eigenvalue weighted by atomic mass is 10.2. The highest BCUT2D eigenvalue weighted by atomic mass is 35.5. The van der Waals surface area contributed by atoms with Gasteiger partial charge >= 0.3 is 0 Å². The number of halogens is 1. The summed E-state index contributed by atoms with van der Waals surface area (Å²) >= 11 is 8.70. The predicted molar refractivity (Wildman–Crippen MR) is 114 cm³/mol. The summed E-state index contributed by atoms with van der Waals surface area (Å²) in [5.41, 5.74) is 1.46. The molecule has 140 valence electrons. The number of fused-ring (bicyclic) bond motifs is 1. The SMILES string of the molecule is C=CCNC(=O)CSc1nc2sc(C)c(C)c2c(=O)n1-c1ccc(Cl)cc1. The predicted octanol–water partition coefficient (Wildman–Crippen LogP) is 4.11. The molecule has 0 saturated carbocycles. The molecule has 2 heterocycles. The second-order valence-corrected chi connectivity index (χ2v) is 8.44. The lowest BCUT2D eigenvalue weighted by molar-refractivity contribution is -0.118. The monoisotopic (exact) mass is 419 g/mol. The number of nitrogens with one attached hydrogen (secondary N) is 1. The first-order valence-corrected chi connectivity index (χ1v) is 10.4. The van der Waals surface area contributed by atoms with Crippen LogP contribution in [0.5, 0.6) is 0 Å². The van der Waals surface area contributed by atoms with Crippen LogP contribution in [-0.4, -0.2) is 27.8 Å². The summed E-state index contributed by atoms with van der Waals surface area (Å²) in [5, 5.41) is 4.41. The summed E-state index contributed by atoms with van der Waals surface area (Å²) in [5.74, 6) is 0.0124. The average Bonchev–Trinajstić information content (AvgIpc) is 2.93. The van der Waals surface area contributed by atoms with Crippen molar-refractivity contribution in [3.8, 4) is 5.69 Å². The molecule has 1 amide bonds. The van der Waals surface area contributed by atoms with E-state index in [2.05, 4.69) is 16.9 Å². The van der Waals surface area contributed by atoms with Crippen molar-refractivity contribution in [3.05, 3.63) is 62.7 Å². The van der Waals surface area contributed by atoms with Crippen molar-refractivity contribution in [1.82, 2.24) is 14.9 Å². The Labute approximate surface area is 170 Å². The van der Waals surface area contributed by atoms with Gasteiger partial charge in [-0.05, 0) is 43.7 Å². The minimum Gasteiger partial charge on any atom is -0.352 e. The summed E-state index contributed by atoms with van der Waals surface area (Å²) in [7, 11) is 0. The molecule has 0 aliphatic carbocycles. The van der Waals surface area contributed by atoms with Gasteiger partial charge in [-0.15, -0.1) is 17.9 Å². The lowest BCUT2D eigenvalue weighted by Crippen LogP contribution is -2.26. The largest absolute Gasteiger partial charge is 0.352 e. The Morgan fingerprint density at radius 3 is 2.74 bits per heavy atom. The van der Waals surface area contributed by atoms with Crippen molar-refractivity contribution in [1.29, 1.82) is 0 Å². The molecule has 2 aromatic heterocycles. The molecule has 0 atom stereocenters. The first-order valence-electron chi connectivity index (χ1n) is 8.21.